The van der Waals surface area contributed by atoms with Crippen molar-refractivity contribution in [2.45, 2.75) is 31.6 Å². The van der Waals surface area contributed by atoms with Crippen LogP contribution in [0.15, 0.2) is 12.4 Å². The highest BCUT2D eigenvalue weighted by molar-refractivity contribution is 5.35. The van der Waals surface area contributed by atoms with E-state index >= 15 is 0 Å². The van der Waals surface area contributed by atoms with Gasteiger partial charge in [0.25, 0.3) is 0 Å². The van der Waals surface area contributed by atoms with Gasteiger partial charge in [-0.2, -0.15) is 0 Å². The van der Waals surface area contributed by atoms with E-state index in [4.69, 9.17) is 0 Å². The lowest BCUT2D eigenvalue weighted by Crippen LogP contribution is -2.29. The van der Waals surface area contributed by atoms with Crippen molar-refractivity contribution in [3.05, 3.63) is 23.5 Å². The molecule has 2 nitrogen and oxygen atoms in total. The molecule has 1 atom stereocenters. The van der Waals surface area contributed by atoms with Crippen LogP contribution in [-0.4, -0.2) is 18.2 Å². The summed E-state index contributed by atoms with van der Waals surface area (Å²) in [7, 11) is 4.22. The average Bonchev–Trinajstić information content (AvgIpc) is 2.88. The van der Waals surface area contributed by atoms with Gasteiger partial charge < -0.3 is 9.88 Å². The van der Waals surface area contributed by atoms with E-state index in [0.717, 1.165) is 12.5 Å². The molecule has 1 saturated carbocycles. The van der Waals surface area contributed by atoms with Gasteiger partial charge in [0.1, 0.15) is 0 Å². The van der Waals surface area contributed by atoms with Gasteiger partial charge in [0.15, 0.2) is 0 Å². The van der Waals surface area contributed by atoms with E-state index in [0.29, 0.717) is 5.41 Å². The van der Waals surface area contributed by atoms with Crippen LogP contribution in [0.25, 0.3) is 0 Å². The molecule has 1 fully saturated rings. The zero-order chi connectivity index (χ0) is 10.5. The molecule has 0 saturated heterocycles. The number of rotatable bonds is 2. The van der Waals surface area contributed by atoms with Crippen molar-refractivity contribution in [3.8, 4) is 0 Å². The summed E-state index contributed by atoms with van der Waals surface area (Å²) < 4.78 is 2.23. The summed E-state index contributed by atoms with van der Waals surface area (Å²) in [6.07, 6.45) is 10.3. The van der Waals surface area contributed by atoms with Gasteiger partial charge in [-0.3, -0.25) is 0 Å². The maximum atomic E-state index is 3.37. The van der Waals surface area contributed by atoms with Crippen molar-refractivity contribution in [1.29, 1.82) is 0 Å². The van der Waals surface area contributed by atoms with Crippen LogP contribution >= 0.6 is 0 Å². The number of nitrogens with one attached hydrogen (secondary N) is 1. The van der Waals surface area contributed by atoms with E-state index in [1.54, 1.807) is 11.1 Å². The fourth-order valence-electron chi connectivity index (χ4n) is 3.36. The van der Waals surface area contributed by atoms with E-state index in [9.17, 15) is 0 Å². The molecule has 0 radical (unpaired) electrons. The van der Waals surface area contributed by atoms with Crippen LogP contribution in [0, 0.1) is 5.41 Å². The average molecular weight is 204 g/mol. The summed E-state index contributed by atoms with van der Waals surface area (Å²) in [6, 6.07) is 0. The largest absolute Gasteiger partial charge is 0.357 e. The first-order valence-corrected chi connectivity index (χ1v) is 6.04. The lowest BCUT2D eigenvalue weighted by molar-refractivity contribution is 0.341. The van der Waals surface area contributed by atoms with E-state index in [1.807, 2.05) is 0 Å². The van der Waals surface area contributed by atoms with Crippen LogP contribution < -0.4 is 5.32 Å². The van der Waals surface area contributed by atoms with Gasteiger partial charge in [-0.05, 0) is 49.3 Å². The van der Waals surface area contributed by atoms with Crippen molar-refractivity contribution >= 4 is 0 Å². The van der Waals surface area contributed by atoms with Crippen molar-refractivity contribution in [2.24, 2.45) is 12.5 Å². The summed E-state index contributed by atoms with van der Waals surface area (Å²) in [6.45, 7) is 1.15. The molecule has 1 aromatic heterocycles. The second-order valence-electron chi connectivity index (χ2n) is 5.38. The topological polar surface area (TPSA) is 17.0 Å². The first kappa shape index (κ1) is 9.46. The van der Waals surface area contributed by atoms with Gasteiger partial charge in [-0.25, -0.2) is 0 Å². The van der Waals surface area contributed by atoms with E-state index in [1.165, 1.54) is 25.7 Å². The molecule has 0 amide bonds. The molecule has 15 heavy (non-hydrogen) atoms. The Morgan fingerprint density at radius 3 is 2.87 bits per heavy atom. The Hall–Kier alpha value is -0.760. The molecule has 2 aliphatic carbocycles. The lowest BCUT2D eigenvalue weighted by Gasteiger charge is -2.32. The lowest BCUT2D eigenvalue weighted by atomic mass is 9.74. The third kappa shape index (κ3) is 1.35. The van der Waals surface area contributed by atoms with Gasteiger partial charge >= 0.3 is 0 Å². The molecule has 82 valence electrons. The normalized spacial score (nSPS) is 26.7. The third-order valence-corrected chi connectivity index (χ3v) is 4.38. The van der Waals surface area contributed by atoms with Crippen molar-refractivity contribution in [3.63, 3.8) is 0 Å². The molecule has 0 bridgehead atoms. The number of likely N-dealkylation sites (N-methyl/N-ethyl adjacent to an activating group) is 1. The van der Waals surface area contributed by atoms with Gasteiger partial charge in [0, 0.05) is 31.9 Å². The van der Waals surface area contributed by atoms with Crippen molar-refractivity contribution in [1.82, 2.24) is 9.88 Å². The molecule has 0 aliphatic heterocycles. The van der Waals surface area contributed by atoms with Crippen LogP contribution in [-0.2, 0) is 13.5 Å². The molecule has 1 spiro atoms. The van der Waals surface area contributed by atoms with Crippen LogP contribution in [0.3, 0.4) is 0 Å². The molecule has 1 heterocycles. The predicted molar refractivity (Wildman–Crippen MR) is 62.1 cm³/mol. The van der Waals surface area contributed by atoms with Crippen LogP contribution in [0.4, 0.5) is 0 Å². The first-order chi connectivity index (χ1) is 7.25. The minimum absolute atomic E-state index is 0.678. The molecule has 1 unspecified atom stereocenters. The highest BCUT2D eigenvalue weighted by atomic mass is 14.9. The minimum atomic E-state index is 0.678. The Morgan fingerprint density at radius 2 is 2.20 bits per heavy atom. The fraction of sp³-hybridized carbons (Fsp3) is 0.692. The highest BCUT2D eigenvalue weighted by Gasteiger charge is 2.51. The number of nitrogens with zero attached hydrogens (tertiary/aromatic N) is 1. The zero-order valence-electron chi connectivity index (χ0n) is 9.71. The quantitative estimate of drug-likeness (QED) is 0.780. The monoisotopic (exact) mass is 204 g/mol. The molecule has 0 aromatic carbocycles. The van der Waals surface area contributed by atoms with Crippen LogP contribution in [0.5, 0.6) is 0 Å². The Kier molecular flexibility index (Phi) is 1.96. The van der Waals surface area contributed by atoms with Crippen molar-refractivity contribution < 1.29 is 0 Å². The maximum absolute atomic E-state index is 3.37. The van der Waals surface area contributed by atoms with Gasteiger partial charge in [0.05, 0.1) is 0 Å². The highest BCUT2D eigenvalue weighted by Crippen LogP contribution is 2.61. The van der Waals surface area contributed by atoms with E-state index in [2.05, 4.69) is 36.4 Å². The number of fused-ring (bicyclic) bond motifs is 1. The van der Waals surface area contributed by atoms with E-state index in [-0.39, 0.29) is 0 Å². The zero-order valence-corrected chi connectivity index (χ0v) is 9.71. The second kappa shape index (κ2) is 3.11. The summed E-state index contributed by atoms with van der Waals surface area (Å²) >= 11 is 0. The summed E-state index contributed by atoms with van der Waals surface area (Å²) in [4.78, 5) is 0. The summed E-state index contributed by atoms with van der Waals surface area (Å²) in [5.74, 6) is 0.771. The molecule has 2 heteroatoms. The molecule has 3 rings (SSSR count). The number of aryl methyl sites for hydroxylation is 2. The summed E-state index contributed by atoms with van der Waals surface area (Å²) in [5.41, 5.74) is 3.89. The smallest absolute Gasteiger partial charge is 0.0106 e. The Bertz CT molecular complexity index is 374. The van der Waals surface area contributed by atoms with Gasteiger partial charge in [-0.15, -0.1) is 0 Å². The Balaban J connectivity index is 1.99. The SMILES string of the molecule is CNCC1c2cn(C)cc2CCC12CC2. The van der Waals surface area contributed by atoms with Crippen molar-refractivity contribution in [2.75, 3.05) is 13.6 Å². The summed E-state index contributed by atoms with van der Waals surface area (Å²) in [5, 5.41) is 3.37. The van der Waals surface area contributed by atoms with E-state index < -0.39 is 0 Å². The molecule has 1 aromatic rings. The first-order valence-electron chi connectivity index (χ1n) is 6.04. The van der Waals surface area contributed by atoms with Crippen LogP contribution in [0.1, 0.15) is 36.3 Å². The standard InChI is InChI=1S/C13H20N2/c1-14-7-12-11-9-15(2)8-10(11)3-4-13(12)5-6-13/h8-9,12,14H,3-7H2,1-2H3. The molecular formula is C13H20N2. The molecule has 1 N–H and O–H groups in total. The second-order valence-corrected chi connectivity index (χ2v) is 5.38. The van der Waals surface area contributed by atoms with Gasteiger partial charge in [0.2, 0.25) is 0 Å². The number of hydrogen-bond donors (Lipinski definition) is 1. The van der Waals surface area contributed by atoms with Crippen LogP contribution in [0.2, 0.25) is 0 Å². The maximum Gasteiger partial charge on any atom is 0.0106 e. The Labute approximate surface area is 91.7 Å². The predicted octanol–water partition coefficient (Wildman–Crippen LogP) is 2.05. The Morgan fingerprint density at radius 1 is 1.40 bits per heavy atom. The van der Waals surface area contributed by atoms with Gasteiger partial charge in [-0.1, -0.05) is 0 Å². The third-order valence-electron chi connectivity index (χ3n) is 4.38. The molecular weight excluding hydrogens is 184 g/mol. The molecule has 2 aliphatic rings. The minimum Gasteiger partial charge on any atom is -0.357 e. The number of aromatic nitrogens is 1. The number of hydrogen-bond acceptors (Lipinski definition) is 1. The fourth-order valence-corrected chi connectivity index (χ4v) is 3.36.